The second kappa shape index (κ2) is 12.9. The van der Waals surface area contributed by atoms with Crippen LogP contribution in [0.3, 0.4) is 0 Å². The minimum absolute atomic E-state index is 0.0951. The number of carbonyl (C=O) groups is 1. The van der Waals surface area contributed by atoms with Crippen molar-refractivity contribution in [2.24, 2.45) is 0 Å². The van der Waals surface area contributed by atoms with Crippen molar-refractivity contribution < 1.29 is 14.3 Å². The summed E-state index contributed by atoms with van der Waals surface area (Å²) in [7, 11) is 1.58. The van der Waals surface area contributed by atoms with Crippen molar-refractivity contribution in [1.29, 1.82) is 0 Å². The molecule has 3 aromatic carbocycles. The summed E-state index contributed by atoms with van der Waals surface area (Å²) in [4.78, 5) is 17.4. The topological polar surface area (TPSA) is 65.4 Å². The molecular weight excluding hydrogens is 462 g/mol. The molecule has 0 saturated heterocycles. The van der Waals surface area contributed by atoms with E-state index >= 15 is 0 Å². The molecule has 0 saturated carbocycles. The van der Waals surface area contributed by atoms with Crippen LogP contribution in [0.25, 0.3) is 11.0 Å². The van der Waals surface area contributed by atoms with Crippen LogP contribution in [0.2, 0.25) is 0 Å². The third kappa shape index (κ3) is 6.91. The van der Waals surface area contributed by atoms with Crippen LogP contribution in [0.4, 0.5) is 0 Å². The lowest BCUT2D eigenvalue weighted by atomic mass is 10.1. The average Bonchev–Trinajstić information content (AvgIpc) is 3.27. The fraction of sp³-hybridized carbons (Fsp3) is 0.355. The number of ether oxygens (including phenoxy) is 2. The molecule has 1 aromatic heterocycles. The Balaban J connectivity index is 1.25. The minimum Gasteiger partial charge on any atom is -0.496 e. The van der Waals surface area contributed by atoms with Crippen LogP contribution < -0.4 is 14.8 Å². The molecule has 0 aliphatic heterocycles. The number of aryl methyl sites for hydroxylation is 4. The minimum atomic E-state index is -0.0951. The average molecular weight is 500 g/mol. The van der Waals surface area contributed by atoms with E-state index in [1.54, 1.807) is 19.2 Å². The largest absolute Gasteiger partial charge is 0.496 e. The molecule has 1 N–H and O–H groups in total. The molecule has 6 nitrogen and oxygen atoms in total. The molecular formula is C31H37N3O3. The third-order valence-corrected chi connectivity index (χ3v) is 6.72. The van der Waals surface area contributed by atoms with Gasteiger partial charge < -0.3 is 19.4 Å². The summed E-state index contributed by atoms with van der Waals surface area (Å²) >= 11 is 0. The maximum absolute atomic E-state index is 12.5. The normalized spacial score (nSPS) is 11.0. The molecule has 0 bridgehead atoms. The van der Waals surface area contributed by atoms with Gasteiger partial charge in [-0.25, -0.2) is 4.98 Å². The molecule has 6 heteroatoms. The first-order valence-electron chi connectivity index (χ1n) is 13.1. The first-order chi connectivity index (χ1) is 18.1. The van der Waals surface area contributed by atoms with Gasteiger partial charge >= 0.3 is 0 Å². The Morgan fingerprint density at radius 2 is 1.73 bits per heavy atom. The number of methoxy groups -OCH3 is 1. The van der Waals surface area contributed by atoms with Crippen LogP contribution in [0.1, 0.15) is 53.0 Å². The number of fused-ring (bicyclic) bond motifs is 1. The molecule has 0 unspecified atom stereocenters. The van der Waals surface area contributed by atoms with Gasteiger partial charge in [-0.15, -0.1) is 0 Å². The van der Waals surface area contributed by atoms with Crippen molar-refractivity contribution in [1.82, 2.24) is 14.9 Å². The van der Waals surface area contributed by atoms with E-state index in [1.807, 2.05) is 24.3 Å². The van der Waals surface area contributed by atoms with Crippen LogP contribution in [0, 0.1) is 13.8 Å². The van der Waals surface area contributed by atoms with Crippen molar-refractivity contribution in [3.8, 4) is 11.5 Å². The predicted molar refractivity (Wildman–Crippen MR) is 149 cm³/mol. The van der Waals surface area contributed by atoms with Gasteiger partial charge in [0.05, 0.1) is 30.3 Å². The maximum Gasteiger partial charge on any atom is 0.255 e. The molecule has 0 radical (unpaired) electrons. The van der Waals surface area contributed by atoms with Crippen LogP contribution in [0.15, 0.2) is 66.7 Å². The van der Waals surface area contributed by atoms with Crippen LogP contribution in [-0.2, 0) is 13.0 Å². The van der Waals surface area contributed by atoms with Crippen molar-refractivity contribution in [3.63, 3.8) is 0 Å². The van der Waals surface area contributed by atoms with Gasteiger partial charge in [-0.05, 0) is 80.6 Å². The summed E-state index contributed by atoms with van der Waals surface area (Å²) in [6.07, 6.45) is 4.78. The molecule has 4 aromatic rings. The zero-order valence-electron chi connectivity index (χ0n) is 22.1. The molecule has 1 amide bonds. The Morgan fingerprint density at radius 1 is 0.919 bits per heavy atom. The SMILES string of the molecule is COc1ccccc1C(=O)NCCCCCc1nc2ccccc2n1CCCOc1ccc(C)c(C)c1. The van der Waals surface area contributed by atoms with E-state index in [-0.39, 0.29) is 5.91 Å². The van der Waals surface area contributed by atoms with Gasteiger partial charge in [0.2, 0.25) is 0 Å². The second-order valence-corrected chi connectivity index (χ2v) is 9.38. The molecule has 37 heavy (non-hydrogen) atoms. The Labute approximate surface area is 219 Å². The molecule has 0 atom stereocenters. The fourth-order valence-electron chi connectivity index (χ4n) is 4.50. The van der Waals surface area contributed by atoms with E-state index in [0.717, 1.165) is 55.7 Å². The summed E-state index contributed by atoms with van der Waals surface area (Å²) in [5, 5.41) is 3.01. The predicted octanol–water partition coefficient (Wildman–Crippen LogP) is 6.27. The number of nitrogens with zero attached hydrogens (tertiary/aromatic N) is 2. The van der Waals surface area contributed by atoms with E-state index in [1.165, 1.54) is 16.6 Å². The van der Waals surface area contributed by atoms with Crippen molar-refractivity contribution >= 4 is 16.9 Å². The zero-order chi connectivity index (χ0) is 26.0. The number of rotatable bonds is 13. The van der Waals surface area contributed by atoms with E-state index in [4.69, 9.17) is 14.5 Å². The van der Waals surface area contributed by atoms with Gasteiger partial charge in [-0.3, -0.25) is 4.79 Å². The first-order valence-corrected chi connectivity index (χ1v) is 13.1. The lowest BCUT2D eigenvalue weighted by Gasteiger charge is -2.12. The number of benzene rings is 3. The summed E-state index contributed by atoms with van der Waals surface area (Å²) in [5.74, 6) is 2.54. The number of aromatic nitrogens is 2. The number of hydrogen-bond donors (Lipinski definition) is 1. The summed E-state index contributed by atoms with van der Waals surface area (Å²) < 4.78 is 13.6. The highest BCUT2D eigenvalue weighted by Gasteiger charge is 2.12. The van der Waals surface area contributed by atoms with Gasteiger partial charge in [-0.1, -0.05) is 36.8 Å². The number of nitrogens with one attached hydrogen (secondary N) is 1. The smallest absolute Gasteiger partial charge is 0.255 e. The summed E-state index contributed by atoms with van der Waals surface area (Å²) in [6, 6.07) is 21.9. The molecule has 0 fully saturated rings. The molecule has 4 rings (SSSR count). The number of hydrogen-bond acceptors (Lipinski definition) is 4. The van der Waals surface area contributed by atoms with Crippen molar-refractivity contribution in [2.75, 3.05) is 20.3 Å². The maximum atomic E-state index is 12.5. The molecule has 194 valence electrons. The third-order valence-electron chi connectivity index (χ3n) is 6.72. The highest BCUT2D eigenvalue weighted by molar-refractivity contribution is 5.96. The highest BCUT2D eigenvalue weighted by Crippen LogP contribution is 2.20. The Morgan fingerprint density at radius 3 is 2.57 bits per heavy atom. The number of para-hydroxylation sites is 3. The van der Waals surface area contributed by atoms with Crippen molar-refractivity contribution in [3.05, 3.63) is 89.2 Å². The summed E-state index contributed by atoms with van der Waals surface area (Å²) in [6.45, 7) is 6.41. The van der Waals surface area contributed by atoms with E-state index < -0.39 is 0 Å². The Hall–Kier alpha value is -3.80. The fourth-order valence-corrected chi connectivity index (χ4v) is 4.50. The molecule has 0 spiro atoms. The van der Waals surface area contributed by atoms with E-state index in [9.17, 15) is 4.79 Å². The summed E-state index contributed by atoms with van der Waals surface area (Å²) in [5.41, 5.74) is 5.31. The van der Waals surface area contributed by atoms with Gasteiger partial charge in [0.25, 0.3) is 5.91 Å². The quantitative estimate of drug-likeness (QED) is 0.220. The Bertz CT molecular complexity index is 1330. The first kappa shape index (κ1) is 26.3. The number of imidazole rings is 1. The van der Waals surface area contributed by atoms with Gasteiger partial charge in [0.1, 0.15) is 17.3 Å². The number of carbonyl (C=O) groups excluding carboxylic acids is 1. The standard InChI is InChI=1S/C31H37N3O3/c1-23-17-18-25(22-24(23)2)37-21-11-20-34-28-14-8-7-13-27(28)33-30(34)16-5-4-10-19-32-31(35)26-12-6-9-15-29(26)36-3/h6-9,12-15,17-18,22H,4-5,10-11,16,19-21H2,1-3H3,(H,32,35). The Kier molecular flexibility index (Phi) is 9.19. The number of unbranched alkanes of at least 4 members (excludes halogenated alkanes) is 2. The van der Waals surface area contributed by atoms with Gasteiger partial charge in [0.15, 0.2) is 0 Å². The highest BCUT2D eigenvalue weighted by atomic mass is 16.5. The van der Waals surface area contributed by atoms with Gasteiger partial charge in [-0.2, -0.15) is 0 Å². The number of amides is 1. The van der Waals surface area contributed by atoms with E-state index in [0.29, 0.717) is 24.5 Å². The second-order valence-electron chi connectivity index (χ2n) is 9.38. The van der Waals surface area contributed by atoms with Crippen molar-refractivity contribution in [2.45, 2.75) is 52.5 Å². The van der Waals surface area contributed by atoms with Crippen LogP contribution >= 0.6 is 0 Å². The van der Waals surface area contributed by atoms with Crippen LogP contribution in [0.5, 0.6) is 11.5 Å². The van der Waals surface area contributed by atoms with Crippen LogP contribution in [-0.4, -0.2) is 35.7 Å². The molecule has 0 aliphatic rings. The molecule has 0 aliphatic carbocycles. The lowest BCUT2D eigenvalue weighted by Crippen LogP contribution is -2.24. The monoisotopic (exact) mass is 499 g/mol. The lowest BCUT2D eigenvalue weighted by molar-refractivity contribution is 0.0950. The molecule has 1 heterocycles. The van der Waals surface area contributed by atoms with E-state index in [2.05, 4.69) is 54.1 Å². The van der Waals surface area contributed by atoms with Gasteiger partial charge in [0, 0.05) is 19.5 Å². The zero-order valence-corrected chi connectivity index (χ0v) is 22.1.